The van der Waals surface area contributed by atoms with Gasteiger partial charge in [-0.25, -0.2) is 5.43 Å². The fraction of sp³-hybridized carbons (Fsp3) is 0.714. The van der Waals surface area contributed by atoms with E-state index in [9.17, 15) is 14.4 Å². The number of methoxy groups -OCH3 is 1. The summed E-state index contributed by atoms with van der Waals surface area (Å²) in [7, 11) is 1.59. The molecular formula is C56H79F3N10O6. The number of nitrogens with one attached hydrogen (secondary N) is 3. The predicted molar refractivity (Wildman–Crippen MR) is 280 cm³/mol. The number of nitrogens with zero attached hydrogens (tertiary/aromatic N) is 7. The van der Waals surface area contributed by atoms with E-state index in [0.717, 1.165) is 102 Å². The second-order valence-electron chi connectivity index (χ2n) is 24.1. The van der Waals surface area contributed by atoms with Crippen molar-refractivity contribution in [1.29, 1.82) is 0 Å². The molecule has 2 aromatic heterocycles. The van der Waals surface area contributed by atoms with Crippen molar-refractivity contribution in [3.8, 4) is 11.3 Å². The molecule has 0 radical (unpaired) electrons. The van der Waals surface area contributed by atoms with Gasteiger partial charge in [0, 0.05) is 106 Å². The smallest absolute Gasteiger partial charge is 0.406 e. The number of pyridine rings is 1. The van der Waals surface area contributed by atoms with Gasteiger partial charge >= 0.3 is 12.1 Å². The first-order valence-electron chi connectivity index (χ1n) is 28.1. The lowest BCUT2D eigenvalue weighted by Crippen LogP contribution is -2.62. The van der Waals surface area contributed by atoms with Gasteiger partial charge in [0.2, 0.25) is 5.91 Å². The minimum absolute atomic E-state index is 0.0336. The summed E-state index contributed by atoms with van der Waals surface area (Å²) in [6.45, 7) is 13.1. The number of carbonyl (C=O) groups excluding carboxylic acids is 3. The van der Waals surface area contributed by atoms with Crippen molar-refractivity contribution < 1.29 is 41.8 Å². The lowest BCUT2D eigenvalue weighted by molar-refractivity contribution is -0.156. The maximum absolute atomic E-state index is 15.2. The molecule has 16 nitrogen and oxygen atoms in total. The van der Waals surface area contributed by atoms with Gasteiger partial charge in [-0.3, -0.25) is 34.2 Å². The van der Waals surface area contributed by atoms with Crippen LogP contribution in [-0.4, -0.2) is 171 Å². The number of carbonyl (C=O) groups is 3. The Morgan fingerprint density at radius 2 is 1.76 bits per heavy atom. The van der Waals surface area contributed by atoms with E-state index in [1.54, 1.807) is 13.2 Å². The number of amides is 2. The van der Waals surface area contributed by atoms with Crippen LogP contribution in [0.25, 0.3) is 22.2 Å². The summed E-state index contributed by atoms with van der Waals surface area (Å²) in [4.78, 5) is 58.5. The molecule has 0 unspecified atom stereocenters. The highest BCUT2D eigenvalue weighted by Gasteiger charge is 2.48. The average molecular weight is 1050 g/mol. The third-order valence-corrected chi connectivity index (χ3v) is 18.1. The molecule has 1 spiro atoms. The number of hydrazine groups is 1. The van der Waals surface area contributed by atoms with Gasteiger partial charge in [-0.05, 0) is 119 Å². The minimum atomic E-state index is -4.58. The van der Waals surface area contributed by atoms with Crippen LogP contribution in [-0.2, 0) is 41.6 Å². The lowest BCUT2D eigenvalue weighted by atomic mass is 9.84. The van der Waals surface area contributed by atoms with Gasteiger partial charge in [0.25, 0.3) is 5.91 Å². The van der Waals surface area contributed by atoms with E-state index in [0.29, 0.717) is 78.5 Å². The zero-order valence-corrected chi connectivity index (χ0v) is 44.5. The summed E-state index contributed by atoms with van der Waals surface area (Å²) < 4.78 is 65.5. The largest absolute Gasteiger partial charge is 0.464 e. The number of anilines is 2. The maximum Gasteiger partial charge on any atom is 0.406 e. The molecule has 75 heavy (non-hydrogen) atoms. The second kappa shape index (κ2) is 21.4. The summed E-state index contributed by atoms with van der Waals surface area (Å²) >= 11 is 0. The van der Waals surface area contributed by atoms with E-state index in [1.165, 1.54) is 22.4 Å². The molecule has 8 heterocycles. The highest BCUT2D eigenvalue weighted by molar-refractivity contribution is 5.95. The fourth-order valence-electron chi connectivity index (χ4n) is 13.8. The van der Waals surface area contributed by atoms with Gasteiger partial charge in [-0.1, -0.05) is 26.7 Å². The number of hydrogen-bond donors (Lipinski definition) is 3. The van der Waals surface area contributed by atoms with Crippen molar-refractivity contribution in [2.45, 2.75) is 147 Å². The van der Waals surface area contributed by atoms with Crippen molar-refractivity contribution in [3.05, 3.63) is 41.7 Å². The number of ether oxygens (including phenoxy) is 3. The van der Waals surface area contributed by atoms with Crippen molar-refractivity contribution in [2.75, 3.05) is 102 Å². The summed E-state index contributed by atoms with van der Waals surface area (Å²) in [6, 6.07) is 6.20. The Balaban J connectivity index is 0.975. The lowest BCUT2D eigenvalue weighted by Gasteiger charge is -2.39. The molecular weight excluding hydrogens is 966 g/mol. The zero-order chi connectivity index (χ0) is 52.2. The van der Waals surface area contributed by atoms with Crippen LogP contribution in [0.4, 0.5) is 24.5 Å². The van der Waals surface area contributed by atoms with Gasteiger partial charge in [0.1, 0.15) is 18.6 Å². The molecule has 11 rings (SSSR count). The number of halogens is 3. The maximum atomic E-state index is 15.2. The molecule has 6 atom stereocenters. The number of fused-ring (bicyclic) bond motifs is 6. The van der Waals surface area contributed by atoms with E-state index in [1.807, 2.05) is 45.2 Å². The van der Waals surface area contributed by atoms with Gasteiger partial charge in [-0.2, -0.15) is 13.2 Å². The number of rotatable bonds is 10. The van der Waals surface area contributed by atoms with E-state index < -0.39 is 48.4 Å². The highest BCUT2D eigenvalue weighted by Crippen LogP contribution is 2.45. The van der Waals surface area contributed by atoms with E-state index >= 15 is 13.2 Å². The Labute approximate surface area is 439 Å². The van der Waals surface area contributed by atoms with E-state index in [2.05, 4.69) is 35.7 Å². The Morgan fingerprint density at radius 3 is 2.49 bits per heavy atom. The normalized spacial score (nSPS) is 28.5. The van der Waals surface area contributed by atoms with E-state index in [-0.39, 0.29) is 48.6 Å². The quantitative estimate of drug-likeness (QED) is 0.198. The Hall–Kier alpha value is -4.53. The topological polar surface area (TPSA) is 149 Å². The number of piperazine rings is 1. The first-order chi connectivity index (χ1) is 36.0. The third kappa shape index (κ3) is 11.3. The van der Waals surface area contributed by atoms with Crippen LogP contribution in [0.15, 0.2) is 30.5 Å². The Morgan fingerprint density at radius 1 is 0.960 bits per heavy atom. The Bertz CT molecular complexity index is 2570. The molecule has 5 saturated heterocycles. The molecule has 2 aliphatic carbocycles. The number of aromatic nitrogens is 2. The molecule has 1 aromatic carbocycles. The first kappa shape index (κ1) is 52.5. The average Bonchev–Trinajstić information content (AvgIpc) is 3.67. The summed E-state index contributed by atoms with van der Waals surface area (Å²) in [5.74, 6) is -0.783. The zero-order valence-electron chi connectivity index (χ0n) is 44.5. The molecule has 3 N–H and O–H groups in total. The Kier molecular flexibility index (Phi) is 15.0. The highest BCUT2D eigenvalue weighted by atomic mass is 19.4. The number of morpholine rings is 1. The molecule has 7 fully saturated rings. The molecule has 19 heteroatoms. The van der Waals surface area contributed by atoms with Gasteiger partial charge < -0.3 is 39.2 Å². The van der Waals surface area contributed by atoms with E-state index in [4.69, 9.17) is 19.2 Å². The van der Waals surface area contributed by atoms with Crippen molar-refractivity contribution in [2.24, 2.45) is 16.7 Å². The molecule has 2 amide bonds. The van der Waals surface area contributed by atoms with Crippen LogP contribution < -0.4 is 25.9 Å². The van der Waals surface area contributed by atoms with Crippen LogP contribution in [0, 0.1) is 16.7 Å². The summed E-state index contributed by atoms with van der Waals surface area (Å²) in [5.41, 5.74) is 6.91. The molecule has 2 saturated carbocycles. The number of likely N-dealkylation sites (tertiary alicyclic amines) is 1. The van der Waals surface area contributed by atoms with Crippen LogP contribution in [0.2, 0.25) is 0 Å². The van der Waals surface area contributed by atoms with Crippen LogP contribution in [0.1, 0.15) is 109 Å². The second-order valence-corrected chi connectivity index (χ2v) is 24.1. The minimum Gasteiger partial charge on any atom is -0.464 e. The van der Waals surface area contributed by atoms with Gasteiger partial charge in [0.05, 0.1) is 54.7 Å². The first-order valence-corrected chi connectivity index (χ1v) is 28.1. The molecule has 410 valence electrons. The van der Waals surface area contributed by atoms with Crippen LogP contribution >= 0.6 is 0 Å². The summed E-state index contributed by atoms with van der Waals surface area (Å²) in [6.07, 6.45) is 6.32. The molecule has 6 bridgehead atoms. The summed E-state index contributed by atoms with van der Waals surface area (Å²) in [5, 5.41) is 9.02. The number of benzene rings is 1. The third-order valence-electron chi connectivity index (χ3n) is 18.1. The van der Waals surface area contributed by atoms with Crippen molar-refractivity contribution >= 4 is 40.1 Å². The standard InChI is InChI=1S/C56H79F3N10O6/c1-36(73-4)48-43(27-40(30-61-48)65-22-20-64(21-23-65)38-11-12-38)50-44-29-54(2,3)35-75-53(72)45-10-7-18-69(63-45)52(71)46(62-51(70)49(37-8-5-6-9-37)67-19-16-55(33-67)15-17-60-32-55)28-41-31-66(24-25-74-41)39-13-14-47(42(44)26-39)68(50)34-56(57,58)59/h13-14,26-27,30,36-38,41,45-46,49,60,63H,5-12,15-25,28-29,31-35H2,1-4H3,(H,62,70)/t36-,41-,45-,46-,49-,55-/m0/s1. The van der Waals surface area contributed by atoms with Crippen molar-refractivity contribution in [3.63, 3.8) is 0 Å². The van der Waals surface area contributed by atoms with Crippen LogP contribution in [0.5, 0.6) is 0 Å². The number of alkyl halides is 3. The molecule has 6 aliphatic heterocycles. The fourth-order valence-corrected chi connectivity index (χ4v) is 13.8. The van der Waals surface area contributed by atoms with Crippen LogP contribution in [0.3, 0.4) is 0 Å². The number of hydrogen-bond acceptors (Lipinski definition) is 13. The number of esters is 1. The van der Waals surface area contributed by atoms with Gasteiger partial charge in [-0.15, -0.1) is 0 Å². The molecule has 3 aromatic rings. The SMILES string of the molecule is CO[C@@H](C)c1ncc(N2CCN(C3CC3)CC2)cc1-c1c2c3cc(ccc3n1CC(F)(F)F)N1CCO[C@@H](C[C@H](NC(=O)[C@H](C3CCCC3)N3CC[C@]4(CCNC4)C3)C(=O)N3CCC[C@H](N3)C(=O)OCC(C)(C)C2)C1. The van der Waals surface area contributed by atoms with Crippen molar-refractivity contribution in [1.82, 2.24) is 40.4 Å². The predicted octanol–water partition coefficient (Wildman–Crippen LogP) is 6.20. The number of cyclic esters (lactones) is 1. The van der Waals surface area contributed by atoms with Gasteiger partial charge in [0.15, 0.2) is 0 Å². The molecule has 8 aliphatic rings. The monoisotopic (exact) mass is 1040 g/mol.